The number of H-pyrrole nitrogens is 1. The molecule has 2 N–H and O–H groups in total. The monoisotopic (exact) mass is 516 g/mol. The van der Waals surface area contributed by atoms with Crippen molar-refractivity contribution < 1.29 is 13.2 Å². The van der Waals surface area contributed by atoms with Crippen LogP contribution in [0.25, 0.3) is 22.4 Å². The van der Waals surface area contributed by atoms with E-state index in [1.54, 1.807) is 13.1 Å². The van der Waals surface area contributed by atoms with Crippen LogP contribution >= 0.6 is 0 Å². The van der Waals surface area contributed by atoms with Crippen molar-refractivity contribution in [3.05, 3.63) is 34.2 Å². The number of benzene rings is 1. The summed E-state index contributed by atoms with van der Waals surface area (Å²) in [7, 11) is -2.05. The highest BCUT2D eigenvalue weighted by atomic mass is 32.2. The number of aromatic amines is 1. The summed E-state index contributed by atoms with van der Waals surface area (Å²) in [4.78, 5) is 22.9. The van der Waals surface area contributed by atoms with Crippen LogP contribution in [0.3, 0.4) is 0 Å². The van der Waals surface area contributed by atoms with E-state index < -0.39 is 10.0 Å². The third-order valence-electron chi connectivity index (χ3n) is 6.61. The van der Waals surface area contributed by atoms with Crippen LogP contribution in [0.15, 0.2) is 27.9 Å². The van der Waals surface area contributed by atoms with Crippen LogP contribution in [0.4, 0.5) is 0 Å². The van der Waals surface area contributed by atoms with E-state index in [-0.39, 0.29) is 16.3 Å². The normalized spacial score (nSPS) is 16.7. The van der Waals surface area contributed by atoms with E-state index in [4.69, 9.17) is 9.72 Å². The number of nitrogens with zero attached hydrogens (tertiary/aromatic N) is 4. The van der Waals surface area contributed by atoms with Crippen molar-refractivity contribution >= 4 is 21.1 Å². The van der Waals surface area contributed by atoms with Gasteiger partial charge in [-0.1, -0.05) is 20.3 Å². The molecule has 1 saturated heterocycles. The zero-order chi connectivity index (χ0) is 25.9. The summed E-state index contributed by atoms with van der Waals surface area (Å²) in [5, 5.41) is 4.47. The molecular weight excluding hydrogens is 480 g/mol. The van der Waals surface area contributed by atoms with Crippen LogP contribution in [0.2, 0.25) is 0 Å². The number of likely N-dealkylation sites (tertiary alicyclic amines) is 1. The van der Waals surface area contributed by atoms with E-state index in [0.717, 1.165) is 37.9 Å². The number of hydrogen-bond donors (Lipinski definition) is 2. The molecule has 1 atom stereocenters. The highest BCUT2D eigenvalue weighted by Crippen LogP contribution is 2.31. The summed E-state index contributed by atoms with van der Waals surface area (Å²) in [6.45, 7) is 8.63. The molecule has 0 bridgehead atoms. The summed E-state index contributed by atoms with van der Waals surface area (Å²) < 4.78 is 36.4. The third kappa shape index (κ3) is 5.47. The first-order valence-corrected chi connectivity index (χ1v) is 14.2. The predicted octanol–water partition coefficient (Wildman–Crippen LogP) is 2.83. The molecule has 11 heteroatoms. The second-order valence-electron chi connectivity index (χ2n) is 9.36. The second kappa shape index (κ2) is 11.1. The van der Waals surface area contributed by atoms with Gasteiger partial charge in [-0.05, 0) is 57.4 Å². The van der Waals surface area contributed by atoms with Crippen molar-refractivity contribution in [1.82, 2.24) is 29.4 Å². The average molecular weight is 517 g/mol. The molecule has 3 aromatic rings. The summed E-state index contributed by atoms with van der Waals surface area (Å²) in [6, 6.07) is 5.14. The molecule has 0 spiro atoms. The number of sulfonamides is 1. The van der Waals surface area contributed by atoms with Gasteiger partial charge in [0.15, 0.2) is 5.52 Å². The molecule has 1 aliphatic heterocycles. The minimum Gasteiger partial charge on any atom is -0.493 e. The van der Waals surface area contributed by atoms with Crippen molar-refractivity contribution in [2.45, 2.75) is 63.8 Å². The Morgan fingerprint density at radius 3 is 2.75 bits per heavy atom. The molecule has 1 fully saturated rings. The Kier molecular flexibility index (Phi) is 8.11. The number of fused-ring (bicyclic) bond motifs is 1. The molecule has 0 radical (unpaired) electrons. The largest absolute Gasteiger partial charge is 0.493 e. The maximum Gasteiger partial charge on any atom is 0.277 e. The third-order valence-corrected chi connectivity index (χ3v) is 8.07. The van der Waals surface area contributed by atoms with Crippen molar-refractivity contribution in [1.29, 1.82) is 0 Å². The zero-order valence-electron chi connectivity index (χ0n) is 21.5. The van der Waals surface area contributed by atoms with Crippen molar-refractivity contribution in [3.63, 3.8) is 0 Å². The number of aryl methyl sites for hydroxylation is 2. The molecule has 36 heavy (non-hydrogen) atoms. The van der Waals surface area contributed by atoms with Gasteiger partial charge in [0.1, 0.15) is 17.1 Å². The van der Waals surface area contributed by atoms with Crippen LogP contribution in [0.5, 0.6) is 5.75 Å². The number of rotatable bonds is 11. The lowest BCUT2D eigenvalue weighted by Crippen LogP contribution is -2.36. The van der Waals surface area contributed by atoms with E-state index >= 15 is 0 Å². The van der Waals surface area contributed by atoms with Gasteiger partial charge in [0.05, 0.1) is 22.8 Å². The Balaban J connectivity index is 1.70. The Morgan fingerprint density at radius 1 is 1.25 bits per heavy atom. The van der Waals surface area contributed by atoms with Crippen LogP contribution in [-0.2, 0) is 23.5 Å². The fraction of sp³-hybridized carbons (Fsp3) is 0.560. The molecule has 4 rings (SSSR count). The minimum atomic E-state index is -3.77. The molecule has 0 saturated carbocycles. The smallest absolute Gasteiger partial charge is 0.277 e. The Morgan fingerprint density at radius 2 is 2.06 bits per heavy atom. The molecule has 1 unspecified atom stereocenters. The number of ether oxygens (including phenoxy) is 1. The standard InChI is InChI=1S/C25H36N6O4S/c1-5-8-20-22-23(30(4)29-20)25(32)28-24(27-22)19-16-18(10-11-21(19)35-15-6-2)36(33,34)26-12-14-31-13-7-9-17(31)3/h10-11,16-17,26H,5-9,12-15H2,1-4H3,(H,27,28,32). The van der Waals surface area contributed by atoms with Gasteiger partial charge < -0.3 is 9.72 Å². The van der Waals surface area contributed by atoms with Gasteiger partial charge in [0.25, 0.3) is 5.56 Å². The molecule has 3 heterocycles. The topological polar surface area (TPSA) is 122 Å². The lowest BCUT2D eigenvalue weighted by atomic mass is 10.1. The molecule has 1 aliphatic rings. The van der Waals surface area contributed by atoms with Crippen LogP contribution in [0, 0.1) is 0 Å². The summed E-state index contributed by atoms with van der Waals surface area (Å²) in [5.41, 5.74) is 1.73. The maximum absolute atomic E-state index is 13.1. The molecule has 1 aromatic carbocycles. The highest BCUT2D eigenvalue weighted by Gasteiger charge is 2.23. The minimum absolute atomic E-state index is 0.0959. The predicted molar refractivity (Wildman–Crippen MR) is 140 cm³/mol. The quantitative estimate of drug-likeness (QED) is 0.402. The van der Waals surface area contributed by atoms with Crippen LogP contribution < -0.4 is 15.0 Å². The Hall–Kier alpha value is -2.76. The lowest BCUT2D eigenvalue weighted by molar-refractivity contribution is 0.273. The Labute approximate surface area is 212 Å². The maximum atomic E-state index is 13.1. The summed E-state index contributed by atoms with van der Waals surface area (Å²) in [6.07, 6.45) is 4.60. The number of nitrogens with one attached hydrogen (secondary N) is 2. The summed E-state index contributed by atoms with van der Waals surface area (Å²) in [5.74, 6) is 0.719. The lowest BCUT2D eigenvalue weighted by Gasteiger charge is -2.21. The van der Waals surface area contributed by atoms with Gasteiger partial charge >= 0.3 is 0 Å². The molecule has 0 amide bonds. The molecular formula is C25H36N6O4S. The number of hydrogen-bond acceptors (Lipinski definition) is 7. The molecule has 10 nitrogen and oxygen atoms in total. The van der Waals surface area contributed by atoms with Gasteiger partial charge in [-0.2, -0.15) is 5.10 Å². The second-order valence-corrected chi connectivity index (χ2v) is 11.1. The van der Waals surface area contributed by atoms with E-state index in [9.17, 15) is 13.2 Å². The first-order chi connectivity index (χ1) is 17.2. The van der Waals surface area contributed by atoms with E-state index in [0.29, 0.717) is 54.5 Å². The van der Waals surface area contributed by atoms with E-state index in [2.05, 4.69) is 26.6 Å². The average Bonchev–Trinajstić information content (AvgIpc) is 3.40. The summed E-state index contributed by atoms with van der Waals surface area (Å²) >= 11 is 0. The highest BCUT2D eigenvalue weighted by molar-refractivity contribution is 7.89. The molecule has 0 aliphatic carbocycles. The van der Waals surface area contributed by atoms with Gasteiger partial charge in [-0.15, -0.1) is 0 Å². The van der Waals surface area contributed by atoms with Gasteiger partial charge in [-0.3, -0.25) is 14.4 Å². The van der Waals surface area contributed by atoms with Crippen molar-refractivity contribution in [3.8, 4) is 17.1 Å². The van der Waals surface area contributed by atoms with Gasteiger partial charge in [0.2, 0.25) is 10.0 Å². The molecule has 2 aromatic heterocycles. The zero-order valence-corrected chi connectivity index (χ0v) is 22.3. The number of aromatic nitrogens is 4. The van der Waals surface area contributed by atoms with Crippen molar-refractivity contribution in [2.75, 3.05) is 26.2 Å². The Bertz CT molecular complexity index is 1380. The van der Waals surface area contributed by atoms with Gasteiger partial charge in [0, 0.05) is 26.2 Å². The van der Waals surface area contributed by atoms with Crippen molar-refractivity contribution in [2.24, 2.45) is 7.05 Å². The SMILES string of the molecule is CCCOc1ccc(S(=O)(=O)NCCN2CCCC2C)cc1-c1nc2c(CCC)nn(C)c2c(=O)[nH]1. The molecule has 196 valence electrons. The van der Waals surface area contributed by atoms with E-state index in [1.807, 2.05) is 13.8 Å². The first-order valence-electron chi connectivity index (χ1n) is 12.7. The fourth-order valence-electron chi connectivity index (χ4n) is 4.71. The van der Waals surface area contributed by atoms with Gasteiger partial charge in [-0.25, -0.2) is 18.1 Å². The fourth-order valence-corrected chi connectivity index (χ4v) is 5.76. The van der Waals surface area contributed by atoms with Crippen LogP contribution in [-0.4, -0.2) is 65.3 Å². The van der Waals surface area contributed by atoms with E-state index in [1.165, 1.54) is 16.8 Å². The van der Waals surface area contributed by atoms with Crippen LogP contribution in [0.1, 0.15) is 52.1 Å². The first kappa shape index (κ1) is 26.3.